The third-order valence-corrected chi connectivity index (χ3v) is 2.96. The number of aryl methyl sites for hydroxylation is 1. The van der Waals surface area contributed by atoms with Crippen LogP contribution in [0.2, 0.25) is 0 Å². The first-order valence-electron chi connectivity index (χ1n) is 5.70. The SMILES string of the molecule is Cn1cc(Cc2ncnc3c2CNCC3)nn1. The predicted octanol–water partition coefficient (Wildman–Crippen LogP) is -0.158. The van der Waals surface area contributed by atoms with E-state index in [0.29, 0.717) is 0 Å². The van der Waals surface area contributed by atoms with E-state index in [4.69, 9.17) is 0 Å². The normalized spacial score (nSPS) is 14.6. The van der Waals surface area contributed by atoms with Crippen molar-refractivity contribution in [3.05, 3.63) is 35.2 Å². The molecule has 88 valence electrons. The first-order valence-corrected chi connectivity index (χ1v) is 5.70. The van der Waals surface area contributed by atoms with E-state index in [0.717, 1.165) is 43.0 Å². The Morgan fingerprint density at radius 2 is 2.35 bits per heavy atom. The molecular formula is C11H14N6. The Labute approximate surface area is 99.1 Å². The van der Waals surface area contributed by atoms with Gasteiger partial charge in [0.2, 0.25) is 0 Å². The van der Waals surface area contributed by atoms with Crippen molar-refractivity contribution < 1.29 is 0 Å². The Morgan fingerprint density at radius 1 is 1.41 bits per heavy atom. The Bertz CT molecular complexity index is 533. The molecule has 0 amide bonds. The maximum Gasteiger partial charge on any atom is 0.115 e. The molecule has 0 bridgehead atoms. The molecule has 3 rings (SSSR count). The molecule has 2 aromatic rings. The first-order chi connectivity index (χ1) is 8.33. The van der Waals surface area contributed by atoms with Crippen molar-refractivity contribution in [2.75, 3.05) is 6.54 Å². The highest BCUT2D eigenvalue weighted by molar-refractivity contribution is 5.29. The van der Waals surface area contributed by atoms with Crippen LogP contribution in [0.15, 0.2) is 12.5 Å². The third kappa shape index (κ3) is 2.03. The van der Waals surface area contributed by atoms with Crippen LogP contribution in [0.4, 0.5) is 0 Å². The number of hydrogen-bond acceptors (Lipinski definition) is 5. The summed E-state index contributed by atoms with van der Waals surface area (Å²) in [5.41, 5.74) is 4.39. The summed E-state index contributed by atoms with van der Waals surface area (Å²) < 4.78 is 1.71. The molecule has 1 aliphatic heterocycles. The van der Waals surface area contributed by atoms with Crippen LogP contribution in [0.5, 0.6) is 0 Å². The average molecular weight is 230 g/mol. The summed E-state index contributed by atoms with van der Waals surface area (Å²) in [6.45, 7) is 1.85. The summed E-state index contributed by atoms with van der Waals surface area (Å²) in [4.78, 5) is 8.70. The van der Waals surface area contributed by atoms with Crippen LogP contribution in [-0.4, -0.2) is 31.5 Å². The van der Waals surface area contributed by atoms with Gasteiger partial charge in [0.05, 0.1) is 11.4 Å². The molecular weight excluding hydrogens is 216 g/mol. The molecule has 0 unspecified atom stereocenters. The average Bonchev–Trinajstić information content (AvgIpc) is 2.75. The Kier molecular flexibility index (Phi) is 2.56. The lowest BCUT2D eigenvalue weighted by molar-refractivity contribution is 0.617. The van der Waals surface area contributed by atoms with E-state index in [9.17, 15) is 0 Å². The van der Waals surface area contributed by atoms with Crippen LogP contribution in [-0.2, 0) is 26.4 Å². The highest BCUT2D eigenvalue weighted by Gasteiger charge is 2.15. The van der Waals surface area contributed by atoms with Gasteiger partial charge >= 0.3 is 0 Å². The standard InChI is InChI=1S/C11H14N6/c1-17-6-8(15-16-17)4-11-9-5-12-3-2-10(9)13-7-14-11/h6-7,12H,2-5H2,1H3. The summed E-state index contributed by atoms with van der Waals surface area (Å²) in [5.74, 6) is 0. The van der Waals surface area contributed by atoms with Gasteiger partial charge in [-0.2, -0.15) is 0 Å². The van der Waals surface area contributed by atoms with Gasteiger partial charge in [0.1, 0.15) is 6.33 Å². The largest absolute Gasteiger partial charge is 0.312 e. The second-order valence-corrected chi connectivity index (χ2v) is 4.23. The molecule has 17 heavy (non-hydrogen) atoms. The summed E-state index contributed by atoms with van der Waals surface area (Å²) in [7, 11) is 1.87. The van der Waals surface area contributed by atoms with Crippen LogP contribution in [0.1, 0.15) is 22.6 Å². The molecule has 0 atom stereocenters. The summed E-state index contributed by atoms with van der Waals surface area (Å²) in [5, 5.41) is 11.4. The topological polar surface area (TPSA) is 68.5 Å². The monoisotopic (exact) mass is 230 g/mol. The van der Waals surface area contributed by atoms with E-state index < -0.39 is 0 Å². The molecule has 0 saturated heterocycles. The Morgan fingerprint density at radius 3 is 3.18 bits per heavy atom. The van der Waals surface area contributed by atoms with Gasteiger partial charge in [-0.3, -0.25) is 4.68 Å². The number of nitrogens with zero attached hydrogens (tertiary/aromatic N) is 5. The Hall–Kier alpha value is -1.82. The smallest absolute Gasteiger partial charge is 0.115 e. The van der Waals surface area contributed by atoms with Gasteiger partial charge < -0.3 is 5.32 Å². The minimum atomic E-state index is 0.723. The zero-order chi connectivity index (χ0) is 11.7. The molecule has 1 N–H and O–H groups in total. The van der Waals surface area contributed by atoms with Crippen molar-refractivity contribution in [3.63, 3.8) is 0 Å². The fourth-order valence-electron chi connectivity index (χ4n) is 2.13. The molecule has 6 nitrogen and oxygen atoms in total. The van der Waals surface area contributed by atoms with Crippen molar-refractivity contribution in [2.24, 2.45) is 7.05 Å². The molecule has 0 aliphatic carbocycles. The van der Waals surface area contributed by atoms with E-state index in [1.807, 2.05) is 13.2 Å². The third-order valence-electron chi connectivity index (χ3n) is 2.96. The van der Waals surface area contributed by atoms with Crippen molar-refractivity contribution >= 4 is 0 Å². The Balaban J connectivity index is 1.92. The number of hydrogen-bond donors (Lipinski definition) is 1. The fraction of sp³-hybridized carbons (Fsp3) is 0.455. The van der Waals surface area contributed by atoms with Crippen LogP contribution in [0.25, 0.3) is 0 Å². The van der Waals surface area contributed by atoms with Crippen LogP contribution < -0.4 is 5.32 Å². The predicted molar refractivity (Wildman–Crippen MR) is 61.3 cm³/mol. The highest BCUT2D eigenvalue weighted by atomic mass is 15.4. The van der Waals surface area contributed by atoms with Crippen molar-refractivity contribution in [3.8, 4) is 0 Å². The quantitative estimate of drug-likeness (QED) is 0.776. The lowest BCUT2D eigenvalue weighted by atomic mass is 10.0. The molecule has 6 heteroatoms. The molecule has 3 heterocycles. The maximum absolute atomic E-state index is 4.37. The second-order valence-electron chi connectivity index (χ2n) is 4.23. The minimum absolute atomic E-state index is 0.723. The highest BCUT2D eigenvalue weighted by Crippen LogP contribution is 2.16. The summed E-state index contributed by atoms with van der Waals surface area (Å²) in [6, 6.07) is 0. The lowest BCUT2D eigenvalue weighted by Crippen LogP contribution is -2.26. The van der Waals surface area contributed by atoms with Crippen LogP contribution >= 0.6 is 0 Å². The summed E-state index contributed by atoms with van der Waals surface area (Å²) in [6.07, 6.45) is 5.27. The summed E-state index contributed by atoms with van der Waals surface area (Å²) >= 11 is 0. The molecule has 2 aromatic heterocycles. The first kappa shape index (κ1) is 10.3. The van der Waals surface area contributed by atoms with Crippen LogP contribution in [0, 0.1) is 0 Å². The molecule has 0 spiro atoms. The number of aromatic nitrogens is 5. The van der Waals surface area contributed by atoms with E-state index >= 15 is 0 Å². The van der Waals surface area contributed by atoms with Gasteiger partial charge in [-0.1, -0.05) is 5.21 Å². The molecule has 1 aliphatic rings. The minimum Gasteiger partial charge on any atom is -0.312 e. The number of rotatable bonds is 2. The second kappa shape index (κ2) is 4.21. The van der Waals surface area contributed by atoms with Gasteiger partial charge in [-0.15, -0.1) is 5.10 Å². The van der Waals surface area contributed by atoms with E-state index in [-0.39, 0.29) is 0 Å². The van der Waals surface area contributed by atoms with E-state index in [2.05, 4.69) is 25.6 Å². The van der Waals surface area contributed by atoms with Gasteiger partial charge in [-0.25, -0.2) is 9.97 Å². The van der Waals surface area contributed by atoms with Crippen LogP contribution in [0.3, 0.4) is 0 Å². The van der Waals surface area contributed by atoms with Gasteiger partial charge in [0, 0.05) is 50.4 Å². The maximum atomic E-state index is 4.37. The molecule has 0 aromatic carbocycles. The van der Waals surface area contributed by atoms with Crippen molar-refractivity contribution in [1.29, 1.82) is 0 Å². The van der Waals surface area contributed by atoms with E-state index in [1.54, 1.807) is 11.0 Å². The number of fused-ring (bicyclic) bond motifs is 1. The van der Waals surface area contributed by atoms with Gasteiger partial charge in [-0.05, 0) is 0 Å². The van der Waals surface area contributed by atoms with Gasteiger partial charge in [0.15, 0.2) is 0 Å². The van der Waals surface area contributed by atoms with Crippen molar-refractivity contribution in [2.45, 2.75) is 19.4 Å². The van der Waals surface area contributed by atoms with Gasteiger partial charge in [0.25, 0.3) is 0 Å². The molecule has 0 radical (unpaired) electrons. The lowest BCUT2D eigenvalue weighted by Gasteiger charge is -2.17. The zero-order valence-corrected chi connectivity index (χ0v) is 9.72. The van der Waals surface area contributed by atoms with Crippen molar-refractivity contribution in [1.82, 2.24) is 30.3 Å². The zero-order valence-electron chi connectivity index (χ0n) is 9.72. The fourth-order valence-corrected chi connectivity index (χ4v) is 2.13. The number of nitrogens with one attached hydrogen (secondary N) is 1. The molecule has 0 saturated carbocycles. The van der Waals surface area contributed by atoms with E-state index in [1.165, 1.54) is 5.56 Å². The molecule has 0 fully saturated rings.